The monoisotopic (exact) mass is 509 g/mol. The fourth-order valence-corrected chi connectivity index (χ4v) is 3.21. The van der Waals surface area contributed by atoms with Crippen LogP contribution in [0, 0.1) is 0 Å². The minimum Gasteiger partial charge on any atom is -0.496 e. The molecule has 2 aromatic rings. The van der Waals surface area contributed by atoms with Gasteiger partial charge in [-0.2, -0.15) is 0 Å². The molecule has 0 saturated carbocycles. The molecule has 0 saturated heterocycles. The number of ether oxygens (including phenoxy) is 1. The molecule has 158 valence electrons. The number of benzene rings is 2. The lowest BCUT2D eigenvalue weighted by Crippen LogP contribution is -2.32. The van der Waals surface area contributed by atoms with Gasteiger partial charge in [-0.1, -0.05) is 34.5 Å². The number of hydrogen-bond acceptors (Lipinski definition) is 4. The van der Waals surface area contributed by atoms with Crippen LogP contribution in [-0.2, 0) is 9.59 Å². The van der Waals surface area contributed by atoms with Crippen LogP contribution in [0.1, 0.15) is 25.3 Å². The van der Waals surface area contributed by atoms with Gasteiger partial charge in [0, 0.05) is 28.2 Å². The van der Waals surface area contributed by atoms with E-state index in [0.717, 1.165) is 16.5 Å². The van der Waals surface area contributed by atoms with E-state index in [9.17, 15) is 9.59 Å². The van der Waals surface area contributed by atoms with Gasteiger partial charge in [-0.05, 0) is 61.1 Å². The van der Waals surface area contributed by atoms with E-state index in [1.165, 1.54) is 6.08 Å². The zero-order valence-electron chi connectivity index (χ0n) is 16.4. The first-order valence-electron chi connectivity index (χ1n) is 9.05. The Kier molecular flexibility index (Phi) is 9.29. The van der Waals surface area contributed by atoms with Crippen molar-refractivity contribution in [3.63, 3.8) is 0 Å². The molecule has 0 aliphatic carbocycles. The maximum atomic E-state index is 12.2. The average molecular weight is 511 g/mol. The number of halogens is 2. The van der Waals surface area contributed by atoms with Crippen molar-refractivity contribution in [2.75, 3.05) is 17.7 Å². The zero-order chi connectivity index (χ0) is 22.1. The lowest BCUT2D eigenvalue weighted by Gasteiger charge is -2.12. The van der Waals surface area contributed by atoms with Gasteiger partial charge in [-0.3, -0.25) is 14.9 Å². The van der Waals surface area contributed by atoms with Crippen LogP contribution >= 0.6 is 39.7 Å². The molecule has 0 aromatic heterocycles. The summed E-state index contributed by atoms with van der Waals surface area (Å²) in [6.07, 6.45) is 4.15. The number of rotatable bonds is 7. The van der Waals surface area contributed by atoms with E-state index < -0.39 is 5.91 Å². The van der Waals surface area contributed by atoms with Crippen LogP contribution in [0.3, 0.4) is 0 Å². The number of carbonyl (C=O) groups is 2. The largest absolute Gasteiger partial charge is 0.496 e. The molecule has 2 amide bonds. The van der Waals surface area contributed by atoms with Gasteiger partial charge in [0.15, 0.2) is 5.11 Å². The van der Waals surface area contributed by atoms with Gasteiger partial charge in [-0.25, -0.2) is 0 Å². The molecule has 0 aliphatic heterocycles. The van der Waals surface area contributed by atoms with Crippen LogP contribution in [0.4, 0.5) is 11.4 Å². The highest BCUT2D eigenvalue weighted by Gasteiger charge is 2.08. The quantitative estimate of drug-likeness (QED) is 0.344. The smallest absolute Gasteiger partial charge is 0.250 e. The molecule has 0 atom stereocenters. The number of methoxy groups -OCH3 is 1. The molecule has 6 nitrogen and oxygen atoms in total. The van der Waals surface area contributed by atoms with Gasteiger partial charge in [0.05, 0.1) is 17.8 Å². The first-order chi connectivity index (χ1) is 14.3. The highest BCUT2D eigenvalue weighted by molar-refractivity contribution is 9.10. The molecular formula is C21H21BrClN3O3S. The molecule has 0 bridgehead atoms. The SMILES string of the molecule is CCCC(=O)Nc1ccc(Cl)c(NC(=S)NC(=O)C=Cc2cc(Br)ccc2OC)c1. The molecule has 2 aromatic carbocycles. The highest BCUT2D eigenvalue weighted by atomic mass is 79.9. The van der Waals surface area contributed by atoms with Crippen molar-refractivity contribution in [2.45, 2.75) is 19.8 Å². The summed E-state index contributed by atoms with van der Waals surface area (Å²) in [6.45, 7) is 1.93. The number of carbonyl (C=O) groups excluding carboxylic acids is 2. The van der Waals surface area contributed by atoms with E-state index in [2.05, 4.69) is 31.9 Å². The Labute approximate surface area is 194 Å². The van der Waals surface area contributed by atoms with E-state index >= 15 is 0 Å². The Hall–Kier alpha value is -2.42. The molecule has 2 rings (SSSR count). The van der Waals surface area contributed by atoms with Gasteiger partial charge in [0.25, 0.3) is 0 Å². The predicted octanol–water partition coefficient (Wildman–Crippen LogP) is 5.38. The highest BCUT2D eigenvalue weighted by Crippen LogP contribution is 2.26. The minimum absolute atomic E-state index is 0.0739. The summed E-state index contributed by atoms with van der Waals surface area (Å²) < 4.78 is 6.14. The van der Waals surface area contributed by atoms with Crippen molar-refractivity contribution < 1.29 is 14.3 Å². The fraction of sp³-hybridized carbons (Fsp3) is 0.190. The number of hydrogen-bond donors (Lipinski definition) is 3. The van der Waals surface area contributed by atoms with Crippen LogP contribution in [-0.4, -0.2) is 24.0 Å². The van der Waals surface area contributed by atoms with Crippen LogP contribution < -0.4 is 20.7 Å². The molecule has 0 radical (unpaired) electrons. The number of amides is 2. The standard InChI is InChI=1S/C21H21BrClN3O3S/c1-3-4-19(27)24-15-7-8-16(23)17(12-15)25-21(30)26-20(28)10-5-13-11-14(22)6-9-18(13)29-2/h5-12H,3-4H2,1-2H3,(H,24,27)(H2,25,26,28,30). The van der Waals surface area contributed by atoms with Gasteiger partial charge < -0.3 is 15.4 Å². The van der Waals surface area contributed by atoms with Gasteiger partial charge in [0.2, 0.25) is 11.8 Å². The molecule has 3 N–H and O–H groups in total. The lowest BCUT2D eigenvalue weighted by atomic mass is 10.2. The molecular weight excluding hydrogens is 490 g/mol. The molecule has 0 unspecified atom stereocenters. The molecule has 0 spiro atoms. The molecule has 9 heteroatoms. The van der Waals surface area contributed by atoms with Crippen LogP contribution in [0.5, 0.6) is 5.75 Å². The number of thiocarbonyl (C=S) groups is 1. The third-order valence-electron chi connectivity index (χ3n) is 3.82. The number of nitrogens with one attached hydrogen (secondary N) is 3. The summed E-state index contributed by atoms with van der Waals surface area (Å²) in [4.78, 5) is 24.0. The Morgan fingerprint density at radius 3 is 2.67 bits per heavy atom. The molecule has 30 heavy (non-hydrogen) atoms. The van der Waals surface area contributed by atoms with E-state index in [1.807, 2.05) is 19.1 Å². The second-order valence-corrected chi connectivity index (χ2v) is 7.89. The van der Waals surface area contributed by atoms with E-state index in [-0.39, 0.29) is 11.0 Å². The van der Waals surface area contributed by atoms with Crippen molar-refractivity contribution in [3.8, 4) is 5.75 Å². The lowest BCUT2D eigenvalue weighted by molar-refractivity contribution is -0.116. The third-order valence-corrected chi connectivity index (χ3v) is 4.85. The summed E-state index contributed by atoms with van der Waals surface area (Å²) in [5.41, 5.74) is 1.78. The number of anilines is 2. The maximum Gasteiger partial charge on any atom is 0.250 e. The topological polar surface area (TPSA) is 79.5 Å². The van der Waals surface area contributed by atoms with Gasteiger partial charge in [0.1, 0.15) is 5.75 Å². The van der Waals surface area contributed by atoms with Crippen molar-refractivity contribution >= 4 is 74.1 Å². The second kappa shape index (κ2) is 11.7. The first kappa shape index (κ1) is 23.9. The summed E-state index contributed by atoms with van der Waals surface area (Å²) in [6, 6.07) is 10.4. The Morgan fingerprint density at radius 2 is 1.97 bits per heavy atom. The molecule has 0 heterocycles. The Balaban J connectivity index is 2.01. The van der Waals surface area contributed by atoms with E-state index in [1.54, 1.807) is 37.5 Å². The van der Waals surface area contributed by atoms with Crippen LogP contribution in [0.15, 0.2) is 46.9 Å². The van der Waals surface area contributed by atoms with Gasteiger partial charge >= 0.3 is 0 Å². The predicted molar refractivity (Wildman–Crippen MR) is 129 cm³/mol. The van der Waals surface area contributed by atoms with Crippen molar-refractivity contribution in [1.82, 2.24) is 5.32 Å². The fourth-order valence-electron chi connectivity index (χ4n) is 2.46. The van der Waals surface area contributed by atoms with Crippen molar-refractivity contribution in [2.24, 2.45) is 0 Å². The van der Waals surface area contributed by atoms with Crippen LogP contribution in [0.2, 0.25) is 5.02 Å². The molecule has 0 fully saturated rings. The van der Waals surface area contributed by atoms with E-state index in [4.69, 9.17) is 28.6 Å². The maximum absolute atomic E-state index is 12.2. The Morgan fingerprint density at radius 1 is 1.20 bits per heavy atom. The molecule has 0 aliphatic rings. The van der Waals surface area contributed by atoms with Gasteiger partial charge in [-0.15, -0.1) is 0 Å². The van der Waals surface area contributed by atoms with E-state index in [0.29, 0.717) is 28.6 Å². The summed E-state index contributed by atoms with van der Waals surface area (Å²) >= 11 is 14.8. The normalized spacial score (nSPS) is 10.5. The average Bonchev–Trinajstić information content (AvgIpc) is 2.69. The summed E-state index contributed by atoms with van der Waals surface area (Å²) in [5, 5.41) is 8.68. The van der Waals surface area contributed by atoms with Crippen molar-refractivity contribution in [1.29, 1.82) is 0 Å². The van der Waals surface area contributed by atoms with Crippen LogP contribution in [0.25, 0.3) is 6.08 Å². The summed E-state index contributed by atoms with van der Waals surface area (Å²) in [5.74, 6) is 0.129. The van der Waals surface area contributed by atoms with Crippen molar-refractivity contribution in [3.05, 3.63) is 57.5 Å². The third kappa shape index (κ3) is 7.44. The first-order valence-corrected chi connectivity index (χ1v) is 10.6. The Bertz CT molecular complexity index is 982. The zero-order valence-corrected chi connectivity index (χ0v) is 19.6. The summed E-state index contributed by atoms with van der Waals surface area (Å²) in [7, 11) is 1.56. The second-order valence-electron chi connectivity index (χ2n) is 6.16. The minimum atomic E-state index is -0.418.